The Balaban J connectivity index is 2.90. The summed E-state index contributed by atoms with van der Waals surface area (Å²) in [6.07, 6.45) is 0. The number of amides is 1. The maximum Gasteiger partial charge on any atom is 0.277 e. The summed E-state index contributed by atoms with van der Waals surface area (Å²) in [6, 6.07) is 4.51. The first-order valence-corrected chi connectivity index (χ1v) is 5.27. The van der Waals surface area contributed by atoms with Crippen LogP contribution in [0.15, 0.2) is 36.4 Å². The average molecular weight is 250 g/mol. The number of carbonyl (C=O) groups excluding carboxylic acids is 1. The number of hydrogen-bond acceptors (Lipinski definition) is 4. The van der Waals surface area contributed by atoms with Gasteiger partial charge in [-0.25, -0.2) is 5.06 Å². The highest BCUT2D eigenvalue weighted by Gasteiger charge is 2.20. The van der Waals surface area contributed by atoms with Crippen molar-refractivity contribution >= 4 is 11.6 Å². The van der Waals surface area contributed by atoms with Crippen LogP contribution in [0.5, 0.6) is 0 Å². The Kier molecular flexibility index (Phi) is 4.17. The minimum Gasteiger partial charge on any atom is -0.285 e. The molecule has 0 aliphatic heterocycles. The quantitative estimate of drug-likeness (QED) is 0.385. The van der Waals surface area contributed by atoms with Crippen LogP contribution in [-0.4, -0.2) is 27.1 Å². The van der Waals surface area contributed by atoms with Gasteiger partial charge < -0.3 is 0 Å². The Bertz CT molecular complexity index is 481. The Morgan fingerprint density at radius 3 is 2.33 bits per heavy atom. The van der Waals surface area contributed by atoms with Crippen molar-refractivity contribution in [1.29, 1.82) is 0 Å². The highest BCUT2D eigenvalue weighted by Crippen LogP contribution is 2.15. The van der Waals surface area contributed by atoms with E-state index in [2.05, 4.69) is 6.58 Å². The van der Waals surface area contributed by atoms with E-state index in [0.29, 0.717) is 10.6 Å². The van der Waals surface area contributed by atoms with Crippen molar-refractivity contribution < 1.29 is 14.9 Å². The van der Waals surface area contributed by atoms with Crippen LogP contribution >= 0.6 is 0 Å². The molecule has 18 heavy (non-hydrogen) atoms. The summed E-state index contributed by atoms with van der Waals surface area (Å²) in [5.41, 5.74) is 0.702. The van der Waals surface area contributed by atoms with Gasteiger partial charge in [0.25, 0.3) is 11.6 Å². The third-order valence-corrected chi connectivity index (χ3v) is 2.61. The fraction of sp³-hybridized carbons (Fsp3) is 0.250. The summed E-state index contributed by atoms with van der Waals surface area (Å²) in [5, 5.41) is 20.7. The second-order valence-electron chi connectivity index (χ2n) is 3.98. The van der Waals surface area contributed by atoms with E-state index in [1.807, 2.05) is 0 Å². The number of rotatable bonds is 4. The zero-order chi connectivity index (χ0) is 13.9. The van der Waals surface area contributed by atoms with E-state index in [-0.39, 0.29) is 11.3 Å². The van der Waals surface area contributed by atoms with Gasteiger partial charge in [-0.15, -0.1) is 0 Å². The molecule has 1 amide bonds. The van der Waals surface area contributed by atoms with Crippen LogP contribution in [0.2, 0.25) is 0 Å². The molecule has 0 saturated heterocycles. The molecule has 6 nitrogen and oxygen atoms in total. The zero-order valence-electron chi connectivity index (χ0n) is 10.2. The molecule has 0 radical (unpaired) electrons. The number of nitro groups is 1. The molecule has 0 aromatic heterocycles. The average Bonchev–Trinajstić information content (AvgIpc) is 2.36. The molecule has 1 unspecified atom stereocenters. The molecule has 0 spiro atoms. The molecule has 0 aliphatic rings. The highest BCUT2D eigenvalue weighted by molar-refractivity contribution is 5.93. The van der Waals surface area contributed by atoms with Gasteiger partial charge >= 0.3 is 0 Å². The van der Waals surface area contributed by atoms with Crippen molar-refractivity contribution in [2.75, 3.05) is 0 Å². The van der Waals surface area contributed by atoms with E-state index in [1.165, 1.54) is 24.3 Å². The number of hydroxylamine groups is 2. The molecule has 0 fully saturated rings. The summed E-state index contributed by atoms with van der Waals surface area (Å²) in [7, 11) is 0. The Labute approximate surface area is 104 Å². The predicted molar refractivity (Wildman–Crippen MR) is 65.3 cm³/mol. The summed E-state index contributed by atoms with van der Waals surface area (Å²) in [4.78, 5) is 21.7. The monoisotopic (exact) mass is 250 g/mol. The van der Waals surface area contributed by atoms with E-state index in [9.17, 15) is 20.1 Å². The van der Waals surface area contributed by atoms with Crippen LogP contribution < -0.4 is 0 Å². The minimum absolute atomic E-state index is 0.107. The largest absolute Gasteiger partial charge is 0.285 e. The Hall–Kier alpha value is -2.21. The summed E-state index contributed by atoms with van der Waals surface area (Å²) < 4.78 is 0. The van der Waals surface area contributed by atoms with Gasteiger partial charge in [0.05, 0.1) is 11.0 Å². The molecule has 1 aromatic rings. The second kappa shape index (κ2) is 5.42. The molecule has 1 rings (SSSR count). The van der Waals surface area contributed by atoms with Gasteiger partial charge in [0.15, 0.2) is 0 Å². The van der Waals surface area contributed by atoms with Crippen LogP contribution in [0.3, 0.4) is 0 Å². The molecule has 1 N–H and O–H groups in total. The first-order chi connectivity index (χ1) is 8.34. The van der Waals surface area contributed by atoms with Crippen LogP contribution in [0.25, 0.3) is 0 Å². The minimum atomic E-state index is -0.625. The van der Waals surface area contributed by atoms with Gasteiger partial charge in [-0.3, -0.25) is 20.1 Å². The molecule has 0 bridgehead atoms. The van der Waals surface area contributed by atoms with Gasteiger partial charge in [0, 0.05) is 17.7 Å². The van der Waals surface area contributed by atoms with Crippen molar-refractivity contribution in [2.45, 2.75) is 19.9 Å². The van der Waals surface area contributed by atoms with Crippen LogP contribution in [0.1, 0.15) is 24.2 Å². The normalized spacial score (nSPS) is 11.7. The Morgan fingerprint density at radius 2 is 1.94 bits per heavy atom. The molecule has 1 aromatic carbocycles. The molecule has 6 heteroatoms. The fourth-order valence-electron chi connectivity index (χ4n) is 1.24. The van der Waals surface area contributed by atoms with E-state index >= 15 is 0 Å². The fourth-order valence-corrected chi connectivity index (χ4v) is 1.24. The molecular formula is C12H14N2O4. The van der Waals surface area contributed by atoms with E-state index in [0.717, 1.165) is 0 Å². The summed E-state index contributed by atoms with van der Waals surface area (Å²) >= 11 is 0. The van der Waals surface area contributed by atoms with Gasteiger partial charge in [0.2, 0.25) is 0 Å². The van der Waals surface area contributed by atoms with Gasteiger partial charge in [-0.1, -0.05) is 12.2 Å². The van der Waals surface area contributed by atoms with Gasteiger partial charge in [-0.2, -0.15) is 0 Å². The summed E-state index contributed by atoms with van der Waals surface area (Å²) in [6.45, 7) is 6.97. The van der Waals surface area contributed by atoms with Crippen molar-refractivity contribution in [2.24, 2.45) is 0 Å². The topological polar surface area (TPSA) is 83.7 Å². The standard InChI is InChI=1S/C12H14N2O4/c1-8(2)9(3)13(16)12(15)10-4-6-11(7-5-10)14(17)18/h4-7,9,16H,1H2,2-3H3. The first-order valence-electron chi connectivity index (χ1n) is 5.27. The predicted octanol–water partition coefficient (Wildman–Crippen LogP) is 2.39. The number of carbonyl (C=O) groups is 1. The molecular weight excluding hydrogens is 236 g/mol. The van der Waals surface area contributed by atoms with Crippen molar-refractivity contribution in [3.05, 3.63) is 52.1 Å². The smallest absolute Gasteiger partial charge is 0.277 e. The lowest BCUT2D eigenvalue weighted by atomic mass is 10.1. The lowest BCUT2D eigenvalue weighted by Gasteiger charge is -2.22. The summed E-state index contributed by atoms with van der Waals surface area (Å²) in [5.74, 6) is -0.625. The number of nitrogens with zero attached hydrogens (tertiary/aromatic N) is 2. The number of non-ortho nitro benzene ring substituents is 1. The Morgan fingerprint density at radius 1 is 1.44 bits per heavy atom. The maximum atomic E-state index is 11.8. The van der Waals surface area contributed by atoms with E-state index in [4.69, 9.17) is 0 Å². The van der Waals surface area contributed by atoms with Crippen LogP contribution in [-0.2, 0) is 0 Å². The number of hydrogen-bond donors (Lipinski definition) is 1. The van der Waals surface area contributed by atoms with Crippen LogP contribution in [0, 0.1) is 10.1 Å². The number of benzene rings is 1. The third-order valence-electron chi connectivity index (χ3n) is 2.61. The highest BCUT2D eigenvalue weighted by atomic mass is 16.6. The first kappa shape index (κ1) is 13.9. The number of nitro benzene ring substituents is 1. The molecule has 0 saturated carbocycles. The van der Waals surface area contributed by atoms with E-state index in [1.54, 1.807) is 13.8 Å². The molecule has 1 atom stereocenters. The van der Waals surface area contributed by atoms with Crippen LogP contribution in [0.4, 0.5) is 5.69 Å². The molecule has 96 valence electrons. The van der Waals surface area contributed by atoms with Crippen molar-refractivity contribution in [3.8, 4) is 0 Å². The molecule has 0 aliphatic carbocycles. The second-order valence-corrected chi connectivity index (χ2v) is 3.98. The molecule has 0 heterocycles. The van der Waals surface area contributed by atoms with Crippen molar-refractivity contribution in [3.63, 3.8) is 0 Å². The van der Waals surface area contributed by atoms with E-state index < -0.39 is 16.9 Å². The lowest BCUT2D eigenvalue weighted by Crippen LogP contribution is -2.36. The van der Waals surface area contributed by atoms with Crippen molar-refractivity contribution in [1.82, 2.24) is 5.06 Å². The maximum absolute atomic E-state index is 11.8. The van der Waals surface area contributed by atoms with Gasteiger partial charge in [-0.05, 0) is 26.0 Å². The SMILES string of the molecule is C=C(C)C(C)N(O)C(=O)c1ccc([N+](=O)[O-])cc1. The zero-order valence-corrected chi connectivity index (χ0v) is 10.2. The third kappa shape index (κ3) is 2.92. The lowest BCUT2D eigenvalue weighted by molar-refractivity contribution is -0.384. The van der Waals surface area contributed by atoms with Gasteiger partial charge in [0.1, 0.15) is 0 Å².